The van der Waals surface area contributed by atoms with Crippen molar-refractivity contribution < 1.29 is 17.9 Å². The van der Waals surface area contributed by atoms with E-state index in [1.165, 1.54) is 48.5 Å². The van der Waals surface area contributed by atoms with E-state index >= 15 is 0 Å². The smallest absolute Gasteiger partial charge is 0.164 e. The minimum absolute atomic E-state index is 0.387. The topological polar surface area (TPSA) is 84.8 Å². The van der Waals surface area contributed by atoms with Gasteiger partial charge in [-0.15, -0.1) is 0 Å². The molecular formula is C33H21F2N3O2S2. The van der Waals surface area contributed by atoms with E-state index < -0.39 is 22.4 Å². The predicted molar refractivity (Wildman–Crippen MR) is 158 cm³/mol. The van der Waals surface area contributed by atoms with E-state index in [1.807, 2.05) is 30.3 Å². The summed E-state index contributed by atoms with van der Waals surface area (Å²) < 4.78 is 52.5. The Hall–Kier alpha value is -4.41. The second-order valence-electron chi connectivity index (χ2n) is 9.17. The average Bonchev–Trinajstić information content (AvgIpc) is 3.05. The Labute approximate surface area is 247 Å². The Morgan fingerprint density at radius 1 is 0.381 bits per heavy atom. The zero-order valence-electron chi connectivity index (χ0n) is 21.9. The van der Waals surface area contributed by atoms with Gasteiger partial charge in [-0.1, -0.05) is 30.3 Å². The highest BCUT2D eigenvalue weighted by atomic mass is 32.2. The molecule has 1 aromatic heterocycles. The largest absolute Gasteiger partial charge is 0.606 e. The fourth-order valence-electron chi connectivity index (χ4n) is 4.19. The van der Waals surface area contributed by atoms with Crippen molar-refractivity contribution in [3.8, 4) is 34.2 Å². The summed E-state index contributed by atoms with van der Waals surface area (Å²) in [7, 11) is 0. The Bertz CT molecular complexity index is 1690. The molecule has 0 N–H and O–H groups in total. The lowest BCUT2D eigenvalue weighted by Crippen LogP contribution is -2.04. The van der Waals surface area contributed by atoms with Crippen molar-refractivity contribution >= 4 is 22.4 Å². The fourth-order valence-corrected chi connectivity index (χ4v) is 6.27. The molecule has 0 bridgehead atoms. The number of hydrogen-bond donors (Lipinski definition) is 0. The number of rotatable bonds is 7. The molecule has 1 heterocycles. The first-order valence-corrected chi connectivity index (χ1v) is 15.1. The lowest BCUT2D eigenvalue weighted by Gasteiger charge is -2.12. The summed E-state index contributed by atoms with van der Waals surface area (Å²) in [5.74, 6) is 0.561. The molecule has 0 aliphatic heterocycles. The minimum Gasteiger partial charge on any atom is -0.606 e. The number of aromatic nitrogens is 3. The average molecular weight is 594 g/mol. The van der Waals surface area contributed by atoms with Crippen LogP contribution in [0.15, 0.2) is 147 Å². The number of halogens is 2. The van der Waals surface area contributed by atoms with Crippen LogP contribution in [0.3, 0.4) is 0 Å². The summed E-state index contributed by atoms with van der Waals surface area (Å²) >= 11 is -2.95. The Balaban J connectivity index is 1.33. The van der Waals surface area contributed by atoms with Crippen molar-refractivity contribution in [2.45, 2.75) is 19.6 Å². The van der Waals surface area contributed by atoms with Gasteiger partial charge in [-0.2, -0.15) is 0 Å². The number of hydrogen-bond acceptors (Lipinski definition) is 5. The van der Waals surface area contributed by atoms with Gasteiger partial charge in [0.25, 0.3) is 0 Å². The molecule has 0 spiro atoms. The summed E-state index contributed by atoms with van der Waals surface area (Å²) in [5, 5.41) is 0. The van der Waals surface area contributed by atoms with Crippen LogP contribution < -0.4 is 0 Å². The third-order valence-corrected chi connectivity index (χ3v) is 9.18. The minimum atomic E-state index is -1.47. The summed E-state index contributed by atoms with van der Waals surface area (Å²) in [5.41, 5.74) is 2.21. The van der Waals surface area contributed by atoms with E-state index in [0.717, 1.165) is 5.56 Å². The first kappa shape index (κ1) is 27.7. The highest BCUT2D eigenvalue weighted by molar-refractivity contribution is 7.91. The van der Waals surface area contributed by atoms with E-state index in [-0.39, 0.29) is 11.6 Å². The third-order valence-electron chi connectivity index (χ3n) is 6.38. The van der Waals surface area contributed by atoms with Crippen LogP contribution >= 0.6 is 0 Å². The van der Waals surface area contributed by atoms with Gasteiger partial charge < -0.3 is 9.11 Å². The van der Waals surface area contributed by atoms with Gasteiger partial charge in [0.05, 0.1) is 0 Å². The van der Waals surface area contributed by atoms with E-state index in [1.54, 1.807) is 48.5 Å². The second-order valence-corrected chi connectivity index (χ2v) is 12.1. The molecule has 2 atom stereocenters. The molecule has 0 aliphatic rings. The van der Waals surface area contributed by atoms with Crippen LogP contribution in [-0.4, -0.2) is 24.1 Å². The van der Waals surface area contributed by atoms with Crippen LogP contribution in [0.1, 0.15) is 0 Å². The highest BCUT2D eigenvalue weighted by Crippen LogP contribution is 2.29. The van der Waals surface area contributed by atoms with Crippen LogP contribution in [0.4, 0.5) is 8.78 Å². The molecule has 0 saturated heterocycles. The lowest BCUT2D eigenvalue weighted by molar-refractivity contribution is 0.592. The Morgan fingerprint density at radius 3 is 1.00 bits per heavy atom. The van der Waals surface area contributed by atoms with E-state index in [2.05, 4.69) is 0 Å². The van der Waals surface area contributed by atoms with E-state index in [4.69, 9.17) is 15.0 Å². The molecule has 0 radical (unpaired) electrons. The van der Waals surface area contributed by atoms with Gasteiger partial charge in [-0.25, -0.2) is 23.7 Å². The van der Waals surface area contributed by atoms with Crippen molar-refractivity contribution in [2.24, 2.45) is 0 Å². The molecule has 0 aliphatic carbocycles. The molecule has 2 unspecified atom stereocenters. The van der Waals surface area contributed by atoms with Gasteiger partial charge in [0, 0.05) is 39.0 Å². The lowest BCUT2D eigenvalue weighted by atomic mass is 10.1. The molecular weight excluding hydrogens is 573 g/mol. The first-order valence-electron chi connectivity index (χ1n) is 12.8. The predicted octanol–water partition coefficient (Wildman–Crippen LogP) is 7.48. The van der Waals surface area contributed by atoms with Crippen molar-refractivity contribution in [3.63, 3.8) is 0 Å². The van der Waals surface area contributed by atoms with Crippen LogP contribution in [0.25, 0.3) is 34.2 Å². The van der Waals surface area contributed by atoms with Crippen molar-refractivity contribution in [1.29, 1.82) is 0 Å². The Morgan fingerprint density at radius 2 is 0.667 bits per heavy atom. The molecule has 42 heavy (non-hydrogen) atoms. The molecule has 6 aromatic rings. The molecule has 5 nitrogen and oxygen atoms in total. The number of benzene rings is 5. The van der Waals surface area contributed by atoms with Gasteiger partial charge in [-0.3, -0.25) is 0 Å². The Kier molecular flexibility index (Phi) is 8.07. The van der Waals surface area contributed by atoms with E-state index in [0.29, 0.717) is 48.2 Å². The molecule has 0 amide bonds. The zero-order chi connectivity index (χ0) is 29.1. The molecule has 206 valence electrons. The van der Waals surface area contributed by atoms with E-state index in [9.17, 15) is 17.9 Å². The first-order chi connectivity index (χ1) is 20.4. The standard InChI is InChI=1S/C33H21F2N3O2S2/c34-25-10-18-29(19-11-25)41(39)27-14-6-23(7-15-27)32-36-31(22-4-2-1-3-5-22)37-33(38-32)24-8-16-28(17-9-24)42(40)30-20-12-26(35)13-21-30/h1-21H. The summed E-state index contributed by atoms with van der Waals surface area (Å²) in [4.78, 5) is 16.3. The SMILES string of the molecule is [O-][S+](c1ccc(F)cc1)c1ccc(-c2nc(-c3ccccc3)nc(-c3ccc([S+]([O-])c4ccc(F)cc4)cc3)n2)cc1. The summed E-state index contributed by atoms with van der Waals surface area (Å²) in [6, 6.07) is 34.8. The number of nitrogens with zero attached hydrogens (tertiary/aromatic N) is 3. The van der Waals surface area contributed by atoms with Crippen molar-refractivity contribution in [3.05, 3.63) is 139 Å². The molecule has 6 rings (SSSR count). The second kappa shape index (κ2) is 12.2. The molecule has 9 heteroatoms. The third kappa shape index (κ3) is 6.09. The molecule has 0 fully saturated rings. The van der Waals surface area contributed by atoms with Crippen LogP contribution in [0, 0.1) is 11.6 Å². The fraction of sp³-hybridized carbons (Fsp3) is 0. The maximum atomic E-state index is 13.3. The quantitative estimate of drug-likeness (QED) is 0.179. The summed E-state index contributed by atoms with van der Waals surface area (Å²) in [6.07, 6.45) is 0. The van der Waals surface area contributed by atoms with Gasteiger partial charge in [-0.05, 0) is 97.1 Å². The van der Waals surface area contributed by atoms with Gasteiger partial charge in [0.2, 0.25) is 0 Å². The van der Waals surface area contributed by atoms with Gasteiger partial charge in [0.15, 0.2) is 37.1 Å². The van der Waals surface area contributed by atoms with Crippen molar-refractivity contribution in [2.75, 3.05) is 0 Å². The molecule has 0 saturated carbocycles. The van der Waals surface area contributed by atoms with Crippen LogP contribution in [-0.2, 0) is 22.4 Å². The maximum absolute atomic E-state index is 13.3. The highest BCUT2D eigenvalue weighted by Gasteiger charge is 2.18. The van der Waals surface area contributed by atoms with Gasteiger partial charge >= 0.3 is 0 Å². The van der Waals surface area contributed by atoms with Gasteiger partial charge in [0.1, 0.15) is 11.6 Å². The zero-order valence-corrected chi connectivity index (χ0v) is 23.5. The van der Waals surface area contributed by atoms with Crippen LogP contribution in [0.2, 0.25) is 0 Å². The monoisotopic (exact) mass is 593 g/mol. The van der Waals surface area contributed by atoms with Crippen molar-refractivity contribution in [1.82, 2.24) is 15.0 Å². The summed E-state index contributed by atoms with van der Waals surface area (Å²) in [6.45, 7) is 0. The normalized spacial score (nSPS) is 12.6. The maximum Gasteiger partial charge on any atom is 0.164 e. The molecule has 5 aromatic carbocycles. The van der Waals surface area contributed by atoms with Crippen LogP contribution in [0.5, 0.6) is 0 Å².